The molecule has 0 aromatic heterocycles. The number of anilines is 2. The Labute approximate surface area is 157 Å². The van der Waals surface area contributed by atoms with Crippen LogP contribution in [0.15, 0.2) is 29.5 Å². The molecular weight excluding hydrogens is 352 g/mol. The molecule has 3 rings (SSSR count). The molecule has 1 aromatic carbocycles. The Hall–Kier alpha value is -2.87. The number of carbonyl (C=O) groups excluding carboxylic acids is 3. The number of hydrogen-bond donors (Lipinski definition) is 0. The lowest BCUT2D eigenvalue weighted by Crippen LogP contribution is -2.38. The van der Waals surface area contributed by atoms with E-state index in [0.29, 0.717) is 12.1 Å². The summed E-state index contributed by atoms with van der Waals surface area (Å²) in [7, 11) is 2.50. The molecule has 2 aliphatic heterocycles. The normalized spacial score (nSPS) is 19.0. The summed E-state index contributed by atoms with van der Waals surface area (Å²) in [6.45, 7) is 3.59. The van der Waals surface area contributed by atoms with Gasteiger partial charge in [0, 0.05) is 24.3 Å². The highest BCUT2D eigenvalue weighted by molar-refractivity contribution is 6.03. The minimum absolute atomic E-state index is 0.0153. The summed E-state index contributed by atoms with van der Waals surface area (Å²) in [6.07, 6.45) is 0.707. The zero-order chi connectivity index (χ0) is 19.7. The number of benzene rings is 1. The van der Waals surface area contributed by atoms with Crippen molar-refractivity contribution in [2.45, 2.75) is 26.3 Å². The summed E-state index contributed by atoms with van der Waals surface area (Å²) in [5, 5.41) is 0. The fourth-order valence-corrected chi connectivity index (χ4v) is 3.61. The predicted molar refractivity (Wildman–Crippen MR) is 97.1 cm³/mol. The first-order valence-corrected chi connectivity index (χ1v) is 8.56. The summed E-state index contributed by atoms with van der Waals surface area (Å²) < 4.78 is 15.1. The molecule has 1 atom stereocenters. The second-order valence-electron chi connectivity index (χ2n) is 6.47. The van der Waals surface area contributed by atoms with Crippen molar-refractivity contribution in [1.29, 1.82) is 0 Å². The molecule has 2 heterocycles. The second-order valence-corrected chi connectivity index (χ2v) is 6.47. The van der Waals surface area contributed by atoms with Gasteiger partial charge < -0.3 is 24.0 Å². The second kappa shape index (κ2) is 7.40. The van der Waals surface area contributed by atoms with Crippen LogP contribution in [0.1, 0.15) is 19.4 Å². The fourth-order valence-electron chi connectivity index (χ4n) is 3.61. The van der Waals surface area contributed by atoms with E-state index in [1.54, 1.807) is 22.8 Å². The number of hydrogen-bond acceptors (Lipinski definition) is 7. The van der Waals surface area contributed by atoms with Crippen LogP contribution in [0.25, 0.3) is 0 Å². The van der Waals surface area contributed by atoms with Crippen LogP contribution in [-0.2, 0) is 35.0 Å². The maximum Gasteiger partial charge on any atom is 0.355 e. The lowest BCUT2D eigenvalue weighted by atomic mass is 10.1. The molecule has 0 bridgehead atoms. The molecule has 0 aliphatic carbocycles. The molecular formula is C19H22N2O6. The maximum absolute atomic E-state index is 12.4. The molecule has 2 aliphatic rings. The highest BCUT2D eigenvalue weighted by Gasteiger charge is 2.34. The molecule has 0 fully saturated rings. The summed E-state index contributed by atoms with van der Waals surface area (Å²) in [4.78, 5) is 39.7. The molecule has 1 aromatic rings. The van der Waals surface area contributed by atoms with E-state index in [0.717, 1.165) is 11.3 Å². The SMILES string of the molecule is COC(=O)C1=C(C(=O)OC)N(c2ccc3c(c2)CC(C)N3C(C)=O)COC1. The first-order valence-electron chi connectivity index (χ1n) is 8.56. The molecule has 0 spiro atoms. The van der Waals surface area contributed by atoms with Gasteiger partial charge in [-0.25, -0.2) is 9.59 Å². The van der Waals surface area contributed by atoms with Crippen molar-refractivity contribution in [2.24, 2.45) is 0 Å². The molecule has 1 amide bonds. The molecule has 0 N–H and O–H groups in total. The van der Waals surface area contributed by atoms with Crippen LogP contribution < -0.4 is 9.80 Å². The van der Waals surface area contributed by atoms with Crippen LogP contribution in [-0.4, -0.2) is 51.4 Å². The standard InChI is InChI=1S/C19H22N2O6/c1-11-7-13-8-14(5-6-16(13)21(11)12(2)22)20-10-27-9-15(18(23)25-3)17(20)19(24)26-4/h5-6,8,11H,7,9-10H2,1-4H3. The van der Waals surface area contributed by atoms with Crippen LogP contribution in [0.4, 0.5) is 11.4 Å². The average Bonchev–Trinajstić information content (AvgIpc) is 3.00. The van der Waals surface area contributed by atoms with Gasteiger partial charge in [0.15, 0.2) is 0 Å². The predicted octanol–water partition coefficient (Wildman–Crippen LogP) is 1.38. The van der Waals surface area contributed by atoms with E-state index in [4.69, 9.17) is 14.2 Å². The number of ether oxygens (including phenoxy) is 3. The molecule has 8 nitrogen and oxygen atoms in total. The van der Waals surface area contributed by atoms with Gasteiger partial charge in [-0.05, 0) is 37.1 Å². The van der Waals surface area contributed by atoms with Crippen LogP contribution in [0.2, 0.25) is 0 Å². The van der Waals surface area contributed by atoms with E-state index >= 15 is 0 Å². The van der Waals surface area contributed by atoms with Gasteiger partial charge in [0.25, 0.3) is 0 Å². The third-order valence-electron chi connectivity index (χ3n) is 4.76. The van der Waals surface area contributed by atoms with Crippen molar-refractivity contribution in [1.82, 2.24) is 0 Å². The van der Waals surface area contributed by atoms with Crippen molar-refractivity contribution in [3.05, 3.63) is 35.0 Å². The van der Waals surface area contributed by atoms with Crippen LogP contribution in [0.3, 0.4) is 0 Å². The van der Waals surface area contributed by atoms with Crippen molar-refractivity contribution < 1.29 is 28.6 Å². The largest absolute Gasteiger partial charge is 0.466 e. The van der Waals surface area contributed by atoms with E-state index in [1.165, 1.54) is 14.2 Å². The zero-order valence-corrected chi connectivity index (χ0v) is 15.8. The van der Waals surface area contributed by atoms with E-state index in [1.807, 2.05) is 19.1 Å². The van der Waals surface area contributed by atoms with E-state index in [9.17, 15) is 14.4 Å². The zero-order valence-electron chi connectivity index (χ0n) is 15.8. The lowest BCUT2D eigenvalue weighted by molar-refractivity contribution is -0.140. The number of amides is 1. The lowest BCUT2D eigenvalue weighted by Gasteiger charge is -2.31. The van der Waals surface area contributed by atoms with Gasteiger partial charge in [-0.3, -0.25) is 4.79 Å². The summed E-state index contributed by atoms with van der Waals surface area (Å²) in [5.74, 6) is -1.30. The van der Waals surface area contributed by atoms with Gasteiger partial charge in [-0.2, -0.15) is 0 Å². The first-order chi connectivity index (χ1) is 12.9. The first kappa shape index (κ1) is 18.9. The average molecular weight is 374 g/mol. The summed E-state index contributed by atoms with van der Waals surface area (Å²) in [6, 6.07) is 5.60. The third kappa shape index (κ3) is 3.28. The molecule has 27 heavy (non-hydrogen) atoms. The highest BCUT2D eigenvalue weighted by Crippen LogP contribution is 2.36. The Morgan fingerprint density at radius 2 is 1.85 bits per heavy atom. The maximum atomic E-state index is 12.4. The number of nitrogens with zero attached hydrogens (tertiary/aromatic N) is 2. The number of rotatable bonds is 3. The molecule has 0 saturated heterocycles. The minimum atomic E-state index is -0.641. The third-order valence-corrected chi connectivity index (χ3v) is 4.76. The minimum Gasteiger partial charge on any atom is -0.466 e. The quantitative estimate of drug-likeness (QED) is 0.739. The Bertz CT molecular complexity index is 831. The van der Waals surface area contributed by atoms with Gasteiger partial charge in [-0.1, -0.05) is 0 Å². The van der Waals surface area contributed by atoms with Gasteiger partial charge in [0.2, 0.25) is 5.91 Å². The van der Waals surface area contributed by atoms with Crippen LogP contribution in [0.5, 0.6) is 0 Å². The van der Waals surface area contributed by atoms with Gasteiger partial charge in [0.05, 0.1) is 26.4 Å². The van der Waals surface area contributed by atoms with Gasteiger partial charge >= 0.3 is 11.9 Å². The molecule has 0 saturated carbocycles. The molecule has 0 radical (unpaired) electrons. The molecule has 144 valence electrons. The van der Waals surface area contributed by atoms with E-state index in [2.05, 4.69) is 0 Å². The van der Waals surface area contributed by atoms with Crippen molar-refractivity contribution in [3.8, 4) is 0 Å². The van der Waals surface area contributed by atoms with Crippen molar-refractivity contribution in [2.75, 3.05) is 37.4 Å². The Morgan fingerprint density at radius 1 is 1.15 bits per heavy atom. The monoisotopic (exact) mass is 374 g/mol. The Balaban J connectivity index is 2.05. The van der Waals surface area contributed by atoms with Gasteiger partial charge in [0.1, 0.15) is 12.4 Å². The number of fused-ring (bicyclic) bond motifs is 1. The Morgan fingerprint density at radius 3 is 2.48 bits per heavy atom. The molecule has 1 unspecified atom stereocenters. The van der Waals surface area contributed by atoms with Gasteiger partial charge in [-0.15, -0.1) is 0 Å². The number of carbonyl (C=O) groups is 3. The smallest absolute Gasteiger partial charge is 0.355 e. The van der Waals surface area contributed by atoms with Crippen LogP contribution >= 0.6 is 0 Å². The summed E-state index contributed by atoms with van der Waals surface area (Å²) in [5.41, 5.74) is 2.73. The summed E-state index contributed by atoms with van der Waals surface area (Å²) >= 11 is 0. The number of esters is 2. The van der Waals surface area contributed by atoms with E-state index in [-0.39, 0.29) is 36.6 Å². The van der Waals surface area contributed by atoms with Crippen molar-refractivity contribution in [3.63, 3.8) is 0 Å². The van der Waals surface area contributed by atoms with Crippen LogP contribution in [0, 0.1) is 0 Å². The highest BCUT2D eigenvalue weighted by atomic mass is 16.5. The Kier molecular flexibility index (Phi) is 5.18. The van der Waals surface area contributed by atoms with Crippen molar-refractivity contribution >= 4 is 29.2 Å². The van der Waals surface area contributed by atoms with E-state index < -0.39 is 11.9 Å². The molecule has 8 heteroatoms. The fraction of sp³-hybridized carbons (Fsp3) is 0.421. The number of methoxy groups -OCH3 is 2. The topological polar surface area (TPSA) is 85.4 Å².